The molecule has 0 aromatic carbocycles. The molecule has 0 nitrogen and oxygen atoms in total. The summed E-state index contributed by atoms with van der Waals surface area (Å²) >= 11 is 3.89. The maximum atomic E-state index is 3.89. The van der Waals surface area contributed by atoms with Crippen molar-refractivity contribution in [2.75, 3.05) is 0 Å². The summed E-state index contributed by atoms with van der Waals surface area (Å²) in [5.41, 5.74) is 0. The zero-order chi connectivity index (χ0) is 2.00. The van der Waals surface area contributed by atoms with Crippen molar-refractivity contribution in [3.63, 3.8) is 0 Å². The van der Waals surface area contributed by atoms with Crippen LogP contribution in [0.4, 0.5) is 0 Å². The van der Waals surface area contributed by atoms with Gasteiger partial charge in [0.2, 0.25) is 0 Å². The molecule has 4 heavy (non-hydrogen) atoms. The van der Waals surface area contributed by atoms with Crippen LogP contribution in [0, 0.1) is 0 Å². The second-order valence-electron chi connectivity index (χ2n) is 0. The smallest absolute Gasteiger partial charge is 1.00 e. The van der Waals surface area contributed by atoms with E-state index in [1.165, 1.54) is 0 Å². The van der Waals surface area contributed by atoms with Crippen molar-refractivity contribution >= 4 is 19.8 Å². The van der Waals surface area contributed by atoms with Gasteiger partial charge in [-0.25, -0.2) is 0 Å². The van der Waals surface area contributed by atoms with Gasteiger partial charge in [-0.15, -0.1) is 0 Å². The van der Waals surface area contributed by atoms with Crippen LogP contribution in [-0.2, 0) is 11.8 Å². The Balaban J connectivity index is -0.000000000833. The van der Waals surface area contributed by atoms with Crippen LogP contribution in [0.5, 0.6) is 0 Å². The van der Waals surface area contributed by atoms with E-state index in [1.54, 1.807) is 0 Å². The third-order valence-corrected chi connectivity index (χ3v) is 0. The van der Waals surface area contributed by atoms with Crippen molar-refractivity contribution in [1.29, 1.82) is 0 Å². The van der Waals surface area contributed by atoms with Gasteiger partial charge in [0.25, 0.3) is 0 Å². The van der Waals surface area contributed by atoms with E-state index in [1.807, 2.05) is 0 Å². The minimum absolute atomic E-state index is 0. The first kappa shape index (κ1) is 16.4. The van der Waals surface area contributed by atoms with Crippen LogP contribution in [0.3, 0.4) is 0 Å². The first-order valence-electron chi connectivity index (χ1n) is 0.204. The molecule has 0 saturated carbocycles. The van der Waals surface area contributed by atoms with Crippen LogP contribution in [0.1, 0.15) is 10.3 Å². The van der Waals surface area contributed by atoms with Crippen LogP contribution in [0.15, 0.2) is 0 Å². The molecule has 0 radical (unpaired) electrons. The molecule has 0 spiro atoms. The van der Waals surface area contributed by atoms with Crippen molar-refractivity contribution in [1.82, 2.24) is 0 Å². The summed E-state index contributed by atoms with van der Waals surface area (Å²) in [5, 5.41) is 0. The molecule has 0 aliphatic heterocycles. The molecule has 0 saturated heterocycles. The van der Waals surface area contributed by atoms with Crippen molar-refractivity contribution in [2.24, 2.45) is 0 Å². The van der Waals surface area contributed by atoms with Gasteiger partial charge in [-0.2, -0.15) is 0 Å². The fourth-order valence-corrected chi connectivity index (χ4v) is 0. The van der Waals surface area contributed by atoms with Crippen molar-refractivity contribution in [2.45, 2.75) is 7.43 Å². The molecule has 0 aromatic heterocycles. The average molecular weight is 125 g/mol. The molecule has 0 aliphatic rings. The van der Waals surface area contributed by atoms with E-state index in [-0.39, 0.29) is 61.7 Å². The van der Waals surface area contributed by atoms with Gasteiger partial charge in [0.05, 0.1) is 0 Å². The van der Waals surface area contributed by atoms with Gasteiger partial charge >= 0.3 is 51.4 Å². The minimum atomic E-state index is 0. The first-order valence-corrected chi connectivity index (χ1v) is 1.84. The summed E-state index contributed by atoms with van der Waals surface area (Å²) in [6, 6.07) is 0. The largest absolute Gasteiger partial charge is 1.00 e. The van der Waals surface area contributed by atoms with E-state index >= 15 is 0 Å². The van der Waals surface area contributed by atoms with Crippen molar-refractivity contribution in [3.8, 4) is 0 Å². The Hall–Kier alpha value is 2.16. The minimum Gasteiger partial charge on any atom is -1.00 e. The maximum absolute atomic E-state index is 3.89. The van der Waals surface area contributed by atoms with Gasteiger partial charge in [0, 0.05) is 1.43 Å². The molecule has 0 aliphatic carbocycles. The van der Waals surface area contributed by atoms with Gasteiger partial charge in [0.15, 0.2) is 0 Å². The summed E-state index contributed by atoms with van der Waals surface area (Å²) in [7, 11) is 2.56. The van der Waals surface area contributed by atoms with Gasteiger partial charge in [0.1, 0.15) is 0 Å². The predicted octanol–water partition coefficient (Wildman–Crippen LogP) is -1.41. The summed E-state index contributed by atoms with van der Waals surface area (Å²) in [6.45, 7) is 0. The van der Waals surface area contributed by atoms with Crippen LogP contribution >= 0.6 is 8.02 Å². The molecule has 0 unspecified atom stereocenters. The normalized spacial score (nSPS) is 1.00. The van der Waals surface area contributed by atoms with E-state index in [0.29, 0.717) is 0 Å². The number of hydrogen-bond acceptors (Lipinski definition) is 1. The summed E-state index contributed by atoms with van der Waals surface area (Å²) < 4.78 is 0. The van der Waals surface area contributed by atoms with Crippen molar-refractivity contribution < 1.29 is 54.2 Å². The molecule has 24 valence electrons. The van der Waals surface area contributed by atoms with E-state index in [0.717, 1.165) is 0 Å². The Labute approximate surface area is 80.0 Å². The topological polar surface area (TPSA) is 0 Å². The number of rotatable bonds is 0. The number of hydrogen-bond donors (Lipinski definition) is 0. The van der Waals surface area contributed by atoms with E-state index < -0.39 is 0 Å². The Morgan fingerprint density at radius 1 is 1.75 bits per heavy atom. The van der Waals surface area contributed by atoms with Gasteiger partial charge in [-0.1, -0.05) is 19.2 Å². The summed E-state index contributed by atoms with van der Waals surface area (Å²) in [6.07, 6.45) is 0. The third-order valence-electron chi connectivity index (χ3n) is 0. The third kappa shape index (κ3) is 8.91. The molecule has 3 heteroatoms. The molecule has 0 atom stereocenters. The van der Waals surface area contributed by atoms with Crippen LogP contribution < -0.4 is 51.4 Å². The fourth-order valence-electron chi connectivity index (χ4n) is 0. The Kier molecular flexibility index (Phi) is 78.7. The zero-order valence-electron chi connectivity index (χ0n) is 2.91. The first-order chi connectivity index (χ1) is 1.00. The fraction of sp³-hybridized carbons (Fsp3) is 1.00. The standard InChI is InChI=1S/CH4.K.HPS.H2.H/c;;1-2;;/h1H4;;1H;1H;/q;+1;;;-1/i;;;1+2;1+1. The predicted molar refractivity (Wildman–Crippen MR) is 25.6 cm³/mol. The van der Waals surface area contributed by atoms with Gasteiger partial charge < -0.3 is 1.43 Å². The van der Waals surface area contributed by atoms with Crippen LogP contribution in [-0.4, -0.2) is 0 Å². The molecule has 0 aromatic rings. The average Bonchev–Trinajstić information content (AvgIpc) is 1.00. The summed E-state index contributed by atoms with van der Waals surface area (Å²) in [4.78, 5) is 0. The van der Waals surface area contributed by atoms with E-state index in [4.69, 9.17) is 0 Å². The van der Waals surface area contributed by atoms with Gasteiger partial charge in [-0.3, -0.25) is 0 Å². The van der Waals surface area contributed by atoms with E-state index in [9.17, 15) is 0 Å². The van der Waals surface area contributed by atoms with Crippen molar-refractivity contribution in [3.05, 3.63) is 0 Å². The quantitative estimate of drug-likeness (QED) is 0.283. The monoisotopic (exact) mass is 125 g/mol. The molecule has 0 fully saturated rings. The van der Waals surface area contributed by atoms with Crippen LogP contribution in [0.25, 0.3) is 0 Å². The molecule has 0 amide bonds. The summed E-state index contributed by atoms with van der Waals surface area (Å²) in [5.74, 6) is 0. The molecular weight excluding hydrogens is 114 g/mol. The van der Waals surface area contributed by atoms with E-state index in [2.05, 4.69) is 19.8 Å². The molecule has 0 bridgehead atoms. The molecule has 0 N–H and O–H groups in total. The van der Waals surface area contributed by atoms with Gasteiger partial charge in [-0.05, 0) is 8.02 Å². The Morgan fingerprint density at radius 2 is 1.75 bits per heavy atom. The molecular formula is CH8KPS. The van der Waals surface area contributed by atoms with Crippen LogP contribution in [0.2, 0.25) is 0 Å². The second kappa shape index (κ2) is 19.2. The maximum Gasteiger partial charge on any atom is 1.00 e. The molecule has 0 heterocycles. The SMILES string of the molecule is C.P=S.[2H-].[3HH].[K+]. The zero-order valence-corrected chi connectivity index (χ0v) is 6.85. The Bertz CT molecular complexity index is 13.5. The second-order valence-corrected chi connectivity index (χ2v) is 0. The molecule has 0 rings (SSSR count). The Morgan fingerprint density at radius 3 is 1.75 bits per heavy atom.